The Labute approximate surface area is 187 Å². The van der Waals surface area contributed by atoms with Gasteiger partial charge in [-0.25, -0.2) is 0 Å². The molecule has 9 heteroatoms. The Bertz CT molecular complexity index is 1340. The minimum atomic E-state index is -0.537. The van der Waals surface area contributed by atoms with Crippen LogP contribution in [0, 0.1) is 13.8 Å². The number of imide groups is 1. The molecule has 3 amide bonds. The fraction of sp³-hybridized carbons (Fsp3) is 0.261. The summed E-state index contributed by atoms with van der Waals surface area (Å²) in [7, 11) is 1.31. The van der Waals surface area contributed by atoms with E-state index in [1.807, 2.05) is 26.0 Å². The van der Waals surface area contributed by atoms with Crippen LogP contribution in [-0.4, -0.2) is 35.4 Å². The van der Waals surface area contributed by atoms with Gasteiger partial charge in [-0.2, -0.15) is 4.99 Å². The Morgan fingerprint density at radius 2 is 1.81 bits per heavy atom. The highest BCUT2D eigenvalue weighted by molar-refractivity contribution is 7.16. The van der Waals surface area contributed by atoms with Crippen molar-refractivity contribution >= 4 is 50.9 Å². The van der Waals surface area contributed by atoms with E-state index in [0.717, 1.165) is 26.2 Å². The molecule has 4 rings (SSSR count). The second-order valence-corrected chi connectivity index (χ2v) is 8.57. The monoisotopic (exact) mass is 451 g/mol. The van der Waals surface area contributed by atoms with Gasteiger partial charge >= 0.3 is 5.97 Å². The first-order chi connectivity index (χ1) is 15.3. The summed E-state index contributed by atoms with van der Waals surface area (Å²) in [6, 6.07) is 10.3. The first kappa shape index (κ1) is 21.6. The molecule has 8 nitrogen and oxygen atoms in total. The number of thiazole rings is 1. The van der Waals surface area contributed by atoms with Crippen molar-refractivity contribution in [2.45, 2.75) is 33.2 Å². The Morgan fingerprint density at radius 1 is 1.09 bits per heavy atom. The SMILES string of the molecule is COC(=O)Cn1c(=NC(=O)c2cccc(N3C(=O)CCC3=O)c2)sc2cc(C)cc(C)c21. The molecule has 0 radical (unpaired) electrons. The maximum atomic E-state index is 13.0. The Kier molecular flexibility index (Phi) is 5.75. The number of nitrogens with zero attached hydrogens (tertiary/aromatic N) is 3. The lowest BCUT2D eigenvalue weighted by atomic mass is 10.1. The minimum absolute atomic E-state index is 0.0800. The number of ether oxygens (including phenoxy) is 1. The molecule has 2 aromatic carbocycles. The summed E-state index contributed by atoms with van der Waals surface area (Å²) in [5.41, 5.74) is 3.43. The zero-order valence-electron chi connectivity index (χ0n) is 17.9. The summed E-state index contributed by atoms with van der Waals surface area (Å²) in [5.74, 6) is -1.57. The van der Waals surface area contributed by atoms with Gasteiger partial charge in [-0.05, 0) is 49.2 Å². The van der Waals surface area contributed by atoms with E-state index in [1.54, 1.807) is 22.8 Å². The second-order valence-electron chi connectivity index (χ2n) is 7.57. The number of carbonyl (C=O) groups excluding carboxylic acids is 4. The molecule has 164 valence electrons. The van der Waals surface area contributed by atoms with E-state index in [4.69, 9.17) is 4.74 Å². The van der Waals surface area contributed by atoms with Gasteiger partial charge in [-0.1, -0.05) is 23.5 Å². The topological polar surface area (TPSA) is 98.0 Å². The van der Waals surface area contributed by atoms with Gasteiger partial charge in [0, 0.05) is 18.4 Å². The van der Waals surface area contributed by atoms with Gasteiger partial charge in [0.05, 0.1) is 23.0 Å². The van der Waals surface area contributed by atoms with Crippen molar-refractivity contribution in [3.05, 3.63) is 57.9 Å². The Balaban J connectivity index is 1.80. The van der Waals surface area contributed by atoms with Gasteiger partial charge in [0.2, 0.25) is 11.8 Å². The van der Waals surface area contributed by atoms with Crippen molar-refractivity contribution in [1.82, 2.24) is 4.57 Å². The van der Waals surface area contributed by atoms with Crippen molar-refractivity contribution in [1.29, 1.82) is 0 Å². The average Bonchev–Trinajstić information content (AvgIpc) is 3.26. The van der Waals surface area contributed by atoms with Crippen molar-refractivity contribution < 1.29 is 23.9 Å². The van der Waals surface area contributed by atoms with Crippen LogP contribution in [0.1, 0.15) is 34.3 Å². The zero-order chi connectivity index (χ0) is 23.0. The maximum Gasteiger partial charge on any atom is 0.325 e. The molecule has 32 heavy (non-hydrogen) atoms. The summed E-state index contributed by atoms with van der Waals surface area (Å²) in [6.07, 6.45) is 0.324. The number of anilines is 1. The lowest BCUT2D eigenvalue weighted by Crippen LogP contribution is -2.28. The van der Waals surface area contributed by atoms with Gasteiger partial charge in [0.1, 0.15) is 6.54 Å². The van der Waals surface area contributed by atoms with E-state index >= 15 is 0 Å². The molecule has 0 unspecified atom stereocenters. The van der Waals surface area contributed by atoms with Crippen molar-refractivity contribution in [3.63, 3.8) is 0 Å². The van der Waals surface area contributed by atoms with Gasteiger partial charge in [-0.15, -0.1) is 0 Å². The molecule has 1 aliphatic heterocycles. The summed E-state index contributed by atoms with van der Waals surface area (Å²) in [5, 5.41) is 0. The lowest BCUT2D eigenvalue weighted by Gasteiger charge is -2.14. The highest BCUT2D eigenvalue weighted by Crippen LogP contribution is 2.25. The number of amides is 3. The van der Waals surface area contributed by atoms with Crippen LogP contribution in [0.4, 0.5) is 5.69 Å². The van der Waals surface area contributed by atoms with E-state index in [9.17, 15) is 19.2 Å². The van der Waals surface area contributed by atoms with E-state index < -0.39 is 11.9 Å². The number of carbonyl (C=O) groups is 4. The molecule has 1 aromatic heterocycles. The predicted molar refractivity (Wildman–Crippen MR) is 119 cm³/mol. The number of hydrogen-bond donors (Lipinski definition) is 0. The van der Waals surface area contributed by atoms with E-state index in [0.29, 0.717) is 10.5 Å². The Morgan fingerprint density at radius 3 is 2.50 bits per heavy atom. The molecule has 0 N–H and O–H groups in total. The highest BCUT2D eigenvalue weighted by Gasteiger charge is 2.30. The summed E-state index contributed by atoms with van der Waals surface area (Å²) < 4.78 is 7.40. The predicted octanol–water partition coefficient (Wildman–Crippen LogP) is 2.89. The van der Waals surface area contributed by atoms with E-state index in [1.165, 1.54) is 24.5 Å². The highest BCUT2D eigenvalue weighted by atomic mass is 32.1. The van der Waals surface area contributed by atoms with Gasteiger partial charge in [-0.3, -0.25) is 24.1 Å². The van der Waals surface area contributed by atoms with Crippen molar-refractivity contribution in [3.8, 4) is 0 Å². The molecule has 0 spiro atoms. The van der Waals surface area contributed by atoms with E-state index in [-0.39, 0.29) is 36.8 Å². The first-order valence-electron chi connectivity index (χ1n) is 10.0. The zero-order valence-corrected chi connectivity index (χ0v) is 18.7. The molecule has 0 aliphatic carbocycles. The fourth-order valence-electron chi connectivity index (χ4n) is 3.81. The van der Waals surface area contributed by atoms with E-state index in [2.05, 4.69) is 4.99 Å². The third-order valence-corrected chi connectivity index (χ3v) is 6.25. The number of fused-ring (bicyclic) bond motifs is 1. The van der Waals surface area contributed by atoms with Gasteiger partial charge < -0.3 is 9.30 Å². The normalized spacial score (nSPS) is 14.5. The number of aromatic nitrogens is 1. The van der Waals surface area contributed by atoms with Crippen molar-refractivity contribution in [2.75, 3.05) is 12.0 Å². The molecule has 0 bridgehead atoms. The third kappa shape index (κ3) is 3.99. The molecule has 3 aromatic rings. The minimum Gasteiger partial charge on any atom is -0.468 e. The van der Waals surface area contributed by atoms with Crippen LogP contribution in [0.5, 0.6) is 0 Å². The van der Waals surface area contributed by atoms with Crippen LogP contribution in [0.3, 0.4) is 0 Å². The lowest BCUT2D eigenvalue weighted by molar-refractivity contribution is -0.141. The second kappa shape index (κ2) is 8.51. The van der Waals surface area contributed by atoms with Crippen LogP contribution in [-0.2, 0) is 25.7 Å². The number of rotatable bonds is 4. The quantitative estimate of drug-likeness (QED) is 0.449. The average molecular weight is 452 g/mol. The molecular weight excluding hydrogens is 430 g/mol. The molecular formula is C23H21N3O5S. The molecule has 0 saturated carbocycles. The summed E-state index contributed by atoms with van der Waals surface area (Å²) >= 11 is 1.31. The number of esters is 1. The van der Waals surface area contributed by atoms with Gasteiger partial charge in [0.25, 0.3) is 5.91 Å². The summed E-state index contributed by atoms with van der Waals surface area (Å²) in [4.78, 5) is 54.9. The first-order valence-corrected chi connectivity index (χ1v) is 10.8. The number of methoxy groups -OCH3 is 1. The largest absolute Gasteiger partial charge is 0.468 e. The Hall–Kier alpha value is -3.59. The number of hydrogen-bond acceptors (Lipinski definition) is 6. The van der Waals surface area contributed by atoms with Crippen LogP contribution in [0.25, 0.3) is 10.2 Å². The maximum absolute atomic E-state index is 13.0. The number of aryl methyl sites for hydroxylation is 2. The van der Waals surface area contributed by atoms with Crippen LogP contribution >= 0.6 is 11.3 Å². The smallest absolute Gasteiger partial charge is 0.325 e. The molecule has 2 heterocycles. The standard InChI is InChI=1S/C23H21N3O5S/c1-13-9-14(2)21-17(10-13)32-23(25(21)12-20(29)31-3)24-22(30)15-5-4-6-16(11-15)26-18(27)7-8-19(26)28/h4-6,9-11H,7-8,12H2,1-3H3. The summed E-state index contributed by atoms with van der Waals surface area (Å²) in [6.45, 7) is 3.84. The molecule has 1 aliphatic rings. The van der Waals surface area contributed by atoms with Crippen LogP contribution in [0.15, 0.2) is 41.4 Å². The number of benzene rings is 2. The molecule has 1 fully saturated rings. The van der Waals surface area contributed by atoms with Crippen LogP contribution in [0.2, 0.25) is 0 Å². The fourth-order valence-corrected chi connectivity index (χ4v) is 5.02. The molecule has 0 atom stereocenters. The third-order valence-electron chi connectivity index (χ3n) is 5.23. The molecule has 1 saturated heterocycles. The van der Waals surface area contributed by atoms with Crippen LogP contribution < -0.4 is 9.70 Å². The van der Waals surface area contributed by atoms with Crippen molar-refractivity contribution in [2.24, 2.45) is 4.99 Å². The van der Waals surface area contributed by atoms with Gasteiger partial charge in [0.15, 0.2) is 4.80 Å².